The second kappa shape index (κ2) is 8.51. The van der Waals surface area contributed by atoms with Crippen molar-refractivity contribution in [2.24, 2.45) is 5.10 Å². The Labute approximate surface area is 168 Å². The monoisotopic (exact) mass is 416 g/mol. The van der Waals surface area contributed by atoms with E-state index in [0.29, 0.717) is 5.13 Å². The summed E-state index contributed by atoms with van der Waals surface area (Å²) in [6, 6.07) is 14.2. The zero-order chi connectivity index (χ0) is 20.1. The Bertz CT molecular complexity index is 1060. The first-order valence-electron chi connectivity index (χ1n) is 8.32. The minimum atomic E-state index is -3.44. The van der Waals surface area contributed by atoms with E-state index in [1.165, 1.54) is 29.7 Å². The largest absolute Gasteiger partial charge is 0.497 e. The van der Waals surface area contributed by atoms with E-state index in [-0.39, 0.29) is 4.90 Å². The second-order valence-electron chi connectivity index (χ2n) is 5.99. The quantitative estimate of drug-likeness (QED) is 0.471. The molecule has 0 saturated carbocycles. The fourth-order valence-corrected chi connectivity index (χ4v) is 3.89. The van der Waals surface area contributed by atoms with E-state index in [1.807, 2.05) is 29.6 Å². The first kappa shape index (κ1) is 20.0. The molecular formula is C19H20N4O3S2. The minimum Gasteiger partial charge on any atom is -0.497 e. The van der Waals surface area contributed by atoms with E-state index in [0.717, 1.165) is 22.6 Å². The first-order valence-corrected chi connectivity index (χ1v) is 10.6. The normalized spacial score (nSPS) is 11.9. The van der Waals surface area contributed by atoms with Crippen LogP contribution in [-0.4, -0.2) is 45.1 Å². The van der Waals surface area contributed by atoms with Gasteiger partial charge in [0.25, 0.3) is 0 Å². The predicted molar refractivity (Wildman–Crippen MR) is 113 cm³/mol. The molecule has 0 unspecified atom stereocenters. The van der Waals surface area contributed by atoms with Gasteiger partial charge in [-0.2, -0.15) is 5.10 Å². The van der Waals surface area contributed by atoms with Crippen LogP contribution in [0.5, 0.6) is 5.75 Å². The van der Waals surface area contributed by atoms with Crippen LogP contribution in [0, 0.1) is 0 Å². The van der Waals surface area contributed by atoms with Crippen molar-refractivity contribution < 1.29 is 13.2 Å². The molecule has 2 aromatic carbocycles. The Morgan fingerprint density at radius 2 is 1.79 bits per heavy atom. The highest BCUT2D eigenvalue weighted by molar-refractivity contribution is 7.89. The van der Waals surface area contributed by atoms with Crippen molar-refractivity contribution in [2.75, 3.05) is 26.6 Å². The van der Waals surface area contributed by atoms with Crippen molar-refractivity contribution in [3.8, 4) is 17.0 Å². The summed E-state index contributed by atoms with van der Waals surface area (Å²) < 4.78 is 30.6. The van der Waals surface area contributed by atoms with Gasteiger partial charge >= 0.3 is 0 Å². The fourth-order valence-electron chi connectivity index (χ4n) is 2.32. The number of nitrogens with one attached hydrogen (secondary N) is 1. The number of sulfonamides is 1. The number of hydrazone groups is 1. The summed E-state index contributed by atoms with van der Waals surface area (Å²) in [6.45, 7) is 0. The molecule has 0 bridgehead atoms. The maximum atomic E-state index is 12.1. The summed E-state index contributed by atoms with van der Waals surface area (Å²) in [4.78, 5) is 4.73. The second-order valence-corrected chi connectivity index (χ2v) is 9.00. The van der Waals surface area contributed by atoms with Gasteiger partial charge in [0.1, 0.15) is 5.75 Å². The summed E-state index contributed by atoms with van der Waals surface area (Å²) in [5, 5.41) is 6.72. The highest BCUT2D eigenvalue weighted by Gasteiger charge is 2.17. The third-order valence-corrected chi connectivity index (χ3v) is 6.50. The highest BCUT2D eigenvalue weighted by atomic mass is 32.2. The van der Waals surface area contributed by atoms with E-state index in [1.54, 1.807) is 37.6 Å². The Balaban J connectivity index is 1.67. The number of nitrogens with zero attached hydrogens (tertiary/aromatic N) is 3. The van der Waals surface area contributed by atoms with Gasteiger partial charge < -0.3 is 4.74 Å². The van der Waals surface area contributed by atoms with Crippen LogP contribution in [0.2, 0.25) is 0 Å². The van der Waals surface area contributed by atoms with E-state index in [4.69, 9.17) is 4.74 Å². The lowest BCUT2D eigenvalue weighted by Crippen LogP contribution is -2.22. The number of aromatic nitrogens is 1. The number of hydrogen-bond donors (Lipinski definition) is 1. The summed E-state index contributed by atoms with van der Waals surface area (Å²) >= 11 is 1.42. The molecule has 1 aromatic heterocycles. The lowest BCUT2D eigenvalue weighted by atomic mass is 10.2. The molecule has 1 heterocycles. The van der Waals surface area contributed by atoms with Crippen molar-refractivity contribution in [1.29, 1.82) is 0 Å². The molecular weight excluding hydrogens is 396 g/mol. The van der Waals surface area contributed by atoms with Gasteiger partial charge in [-0.15, -0.1) is 11.3 Å². The Hall–Kier alpha value is -2.75. The smallest absolute Gasteiger partial charge is 0.242 e. The third kappa shape index (κ3) is 4.56. The number of hydrogen-bond acceptors (Lipinski definition) is 7. The molecule has 3 aromatic rings. The van der Waals surface area contributed by atoms with Crippen LogP contribution in [0.25, 0.3) is 11.3 Å². The van der Waals surface area contributed by atoms with Gasteiger partial charge in [-0.1, -0.05) is 12.1 Å². The fraction of sp³-hybridized carbons (Fsp3) is 0.158. The van der Waals surface area contributed by atoms with Crippen molar-refractivity contribution >= 4 is 32.7 Å². The van der Waals surface area contributed by atoms with E-state index in [2.05, 4.69) is 15.5 Å². The average Bonchev–Trinajstić information content (AvgIpc) is 3.17. The van der Waals surface area contributed by atoms with Crippen LogP contribution in [0.15, 0.2) is 63.9 Å². The summed E-state index contributed by atoms with van der Waals surface area (Å²) in [7, 11) is 1.20. The number of rotatable bonds is 7. The number of methoxy groups -OCH3 is 1. The Morgan fingerprint density at radius 1 is 1.11 bits per heavy atom. The van der Waals surface area contributed by atoms with Crippen LogP contribution < -0.4 is 10.2 Å². The summed E-state index contributed by atoms with van der Waals surface area (Å²) in [5.41, 5.74) is 5.42. The van der Waals surface area contributed by atoms with Crippen LogP contribution in [-0.2, 0) is 10.0 Å². The van der Waals surface area contributed by atoms with Gasteiger partial charge in [0.05, 0.1) is 23.9 Å². The van der Waals surface area contributed by atoms with Crippen LogP contribution in [0.4, 0.5) is 5.13 Å². The van der Waals surface area contributed by atoms with Crippen molar-refractivity contribution in [3.63, 3.8) is 0 Å². The van der Waals surface area contributed by atoms with E-state index in [9.17, 15) is 8.42 Å². The maximum Gasteiger partial charge on any atom is 0.242 e. The average molecular weight is 417 g/mol. The molecule has 0 atom stereocenters. The van der Waals surface area contributed by atoms with Crippen molar-refractivity contribution in [2.45, 2.75) is 4.90 Å². The molecule has 28 heavy (non-hydrogen) atoms. The molecule has 7 nitrogen and oxygen atoms in total. The minimum absolute atomic E-state index is 0.249. The first-order chi connectivity index (χ1) is 13.4. The van der Waals surface area contributed by atoms with Gasteiger partial charge in [-0.05, 0) is 42.0 Å². The van der Waals surface area contributed by atoms with Crippen molar-refractivity contribution in [1.82, 2.24) is 9.29 Å². The number of thiazole rings is 1. The molecule has 0 aliphatic carbocycles. The lowest BCUT2D eigenvalue weighted by Gasteiger charge is -2.11. The molecule has 0 amide bonds. The van der Waals surface area contributed by atoms with Crippen LogP contribution >= 0.6 is 11.3 Å². The summed E-state index contributed by atoms with van der Waals surface area (Å²) in [6.07, 6.45) is 1.70. The molecule has 0 radical (unpaired) electrons. The summed E-state index contributed by atoms with van der Waals surface area (Å²) in [5.74, 6) is 0.791. The van der Waals surface area contributed by atoms with Gasteiger partial charge in [0, 0.05) is 25.0 Å². The molecule has 0 fully saturated rings. The lowest BCUT2D eigenvalue weighted by molar-refractivity contribution is 0.415. The molecule has 0 aliphatic heterocycles. The van der Waals surface area contributed by atoms with Gasteiger partial charge in [0.2, 0.25) is 15.2 Å². The topological polar surface area (TPSA) is 83.9 Å². The molecule has 3 rings (SSSR count). The molecule has 9 heteroatoms. The predicted octanol–water partition coefficient (Wildman–Crippen LogP) is 3.52. The third-order valence-electron chi connectivity index (χ3n) is 3.92. The SMILES string of the molecule is COc1ccc(C=NNc2nc(-c3ccc(S(=O)(=O)N(C)C)cc3)cs2)cc1. The number of anilines is 1. The van der Waals surface area contributed by atoms with Crippen LogP contribution in [0.3, 0.4) is 0 Å². The van der Waals surface area contributed by atoms with Gasteiger partial charge in [-0.25, -0.2) is 17.7 Å². The zero-order valence-electron chi connectivity index (χ0n) is 15.7. The molecule has 1 N–H and O–H groups in total. The number of benzene rings is 2. The molecule has 0 spiro atoms. The maximum absolute atomic E-state index is 12.1. The van der Waals surface area contributed by atoms with Gasteiger partial charge in [-0.3, -0.25) is 5.43 Å². The van der Waals surface area contributed by atoms with Gasteiger partial charge in [0.15, 0.2) is 0 Å². The molecule has 0 saturated heterocycles. The van der Waals surface area contributed by atoms with E-state index >= 15 is 0 Å². The number of ether oxygens (including phenoxy) is 1. The molecule has 0 aliphatic rings. The molecule has 146 valence electrons. The zero-order valence-corrected chi connectivity index (χ0v) is 17.3. The van der Waals surface area contributed by atoms with Crippen LogP contribution in [0.1, 0.15) is 5.56 Å². The standard InChI is InChI=1S/C19H20N4O3S2/c1-23(2)28(24,25)17-10-6-15(7-11-17)18-13-27-19(21-18)22-20-12-14-4-8-16(26-3)9-5-14/h4-13H,1-3H3,(H,21,22). The van der Waals surface area contributed by atoms with Crippen molar-refractivity contribution in [3.05, 3.63) is 59.5 Å². The highest BCUT2D eigenvalue weighted by Crippen LogP contribution is 2.26. The Morgan fingerprint density at radius 3 is 2.39 bits per heavy atom. The Kier molecular flexibility index (Phi) is 6.08. The van der Waals surface area contributed by atoms with E-state index < -0.39 is 10.0 Å².